The molecule has 1 heterocycles. The van der Waals surface area contributed by atoms with E-state index in [1.807, 2.05) is 32.0 Å². The summed E-state index contributed by atoms with van der Waals surface area (Å²) < 4.78 is 0. The number of aryl methyl sites for hydroxylation is 1. The summed E-state index contributed by atoms with van der Waals surface area (Å²) >= 11 is 0. The molecular weight excluding hydrogens is 354 g/mol. The van der Waals surface area contributed by atoms with E-state index in [1.165, 1.54) is 24.9 Å². The number of nitrogens with zero attached hydrogens (tertiary/aromatic N) is 2. The second kappa shape index (κ2) is 8.30. The number of rotatable bonds is 5. The van der Waals surface area contributed by atoms with E-state index in [-0.39, 0.29) is 11.8 Å². The van der Waals surface area contributed by atoms with Crippen molar-refractivity contribution in [3.05, 3.63) is 71.5 Å². The fourth-order valence-electron chi connectivity index (χ4n) is 2.60. The monoisotopic (exact) mass is 375 g/mol. The Balaban J connectivity index is 1.68. The van der Waals surface area contributed by atoms with Crippen molar-refractivity contribution in [3.8, 4) is 0 Å². The van der Waals surface area contributed by atoms with Gasteiger partial charge in [0, 0.05) is 36.4 Å². The predicted octanol–water partition coefficient (Wildman–Crippen LogP) is 4.05. The minimum absolute atomic E-state index is 0.177. The van der Waals surface area contributed by atoms with Crippen LogP contribution in [0.1, 0.15) is 28.4 Å². The van der Waals surface area contributed by atoms with Gasteiger partial charge < -0.3 is 16.0 Å². The Kier molecular flexibility index (Phi) is 5.64. The average molecular weight is 375 g/mol. The molecule has 28 heavy (non-hydrogen) atoms. The van der Waals surface area contributed by atoms with Crippen LogP contribution in [0.5, 0.6) is 0 Å². The molecule has 3 rings (SSSR count). The minimum Gasteiger partial charge on any atom is -0.326 e. The second-order valence-electron chi connectivity index (χ2n) is 6.38. The Hall–Kier alpha value is -3.74. The summed E-state index contributed by atoms with van der Waals surface area (Å²) in [5.41, 5.74) is 4.71. The van der Waals surface area contributed by atoms with Crippen LogP contribution in [-0.4, -0.2) is 21.8 Å². The molecule has 3 aromatic rings. The number of amides is 2. The number of hydrogen-bond acceptors (Lipinski definition) is 5. The second-order valence-corrected chi connectivity index (χ2v) is 6.38. The van der Waals surface area contributed by atoms with Gasteiger partial charge in [0.05, 0.1) is 5.56 Å². The maximum atomic E-state index is 12.4. The van der Waals surface area contributed by atoms with Crippen LogP contribution in [0.15, 0.2) is 54.9 Å². The largest absolute Gasteiger partial charge is 0.326 e. The number of anilines is 4. The van der Waals surface area contributed by atoms with Crippen LogP contribution in [0.2, 0.25) is 0 Å². The van der Waals surface area contributed by atoms with Gasteiger partial charge in [-0.15, -0.1) is 0 Å². The Bertz CT molecular complexity index is 1020. The van der Waals surface area contributed by atoms with Gasteiger partial charge in [-0.25, -0.2) is 9.97 Å². The summed E-state index contributed by atoms with van der Waals surface area (Å²) in [6.45, 7) is 5.49. The molecule has 0 aliphatic rings. The van der Waals surface area contributed by atoms with Crippen LogP contribution in [0.4, 0.5) is 23.0 Å². The van der Waals surface area contributed by atoms with Gasteiger partial charge in [0.2, 0.25) is 11.9 Å². The molecule has 0 aliphatic carbocycles. The number of benzene rings is 2. The molecule has 0 atom stereocenters. The molecule has 0 spiro atoms. The van der Waals surface area contributed by atoms with Gasteiger partial charge in [-0.05, 0) is 49.2 Å². The molecule has 142 valence electrons. The molecule has 2 aromatic carbocycles. The predicted molar refractivity (Wildman–Crippen MR) is 110 cm³/mol. The SMILES string of the molecule is CC(=O)Nc1cccc(NC(=O)c2cnc(Nc3cccc(C)c3C)nc2)c1. The molecule has 1 aromatic heterocycles. The summed E-state index contributed by atoms with van der Waals surface area (Å²) in [5.74, 6) is -0.0972. The lowest BCUT2D eigenvalue weighted by atomic mass is 10.1. The summed E-state index contributed by atoms with van der Waals surface area (Å²) in [6.07, 6.45) is 2.93. The van der Waals surface area contributed by atoms with Gasteiger partial charge in [-0.1, -0.05) is 18.2 Å². The topological polar surface area (TPSA) is 96.0 Å². The van der Waals surface area contributed by atoms with Crippen molar-refractivity contribution >= 4 is 34.8 Å². The van der Waals surface area contributed by atoms with E-state index in [2.05, 4.69) is 25.9 Å². The molecule has 0 unspecified atom stereocenters. The van der Waals surface area contributed by atoms with E-state index in [4.69, 9.17) is 0 Å². The highest BCUT2D eigenvalue weighted by atomic mass is 16.2. The first-order valence-electron chi connectivity index (χ1n) is 8.76. The molecule has 0 bridgehead atoms. The van der Waals surface area contributed by atoms with Gasteiger partial charge >= 0.3 is 0 Å². The van der Waals surface area contributed by atoms with Gasteiger partial charge in [0.25, 0.3) is 5.91 Å². The lowest BCUT2D eigenvalue weighted by molar-refractivity contribution is -0.114. The molecule has 2 amide bonds. The van der Waals surface area contributed by atoms with E-state index >= 15 is 0 Å². The molecule has 0 saturated carbocycles. The minimum atomic E-state index is -0.335. The zero-order chi connectivity index (χ0) is 20.1. The normalized spacial score (nSPS) is 10.2. The molecule has 0 saturated heterocycles. The van der Waals surface area contributed by atoms with Crippen molar-refractivity contribution in [2.45, 2.75) is 20.8 Å². The summed E-state index contributed by atoms with van der Waals surface area (Å²) in [5, 5.41) is 8.60. The molecule has 0 aliphatic heterocycles. The van der Waals surface area contributed by atoms with E-state index in [1.54, 1.807) is 24.3 Å². The Labute approximate surface area is 163 Å². The molecule has 7 nitrogen and oxygen atoms in total. The number of carbonyl (C=O) groups excluding carboxylic acids is 2. The third-order valence-electron chi connectivity index (χ3n) is 4.21. The summed E-state index contributed by atoms with van der Waals surface area (Å²) in [7, 11) is 0. The van der Waals surface area contributed by atoms with Crippen LogP contribution in [-0.2, 0) is 4.79 Å². The highest BCUT2D eigenvalue weighted by Crippen LogP contribution is 2.21. The van der Waals surface area contributed by atoms with Crippen LogP contribution in [0.3, 0.4) is 0 Å². The average Bonchev–Trinajstić information content (AvgIpc) is 2.66. The van der Waals surface area contributed by atoms with Crippen LogP contribution in [0.25, 0.3) is 0 Å². The molecular formula is C21H21N5O2. The third kappa shape index (κ3) is 4.70. The Morgan fingerprint density at radius 2 is 1.54 bits per heavy atom. The van der Waals surface area contributed by atoms with Crippen molar-refractivity contribution in [1.82, 2.24) is 9.97 Å². The van der Waals surface area contributed by atoms with E-state index in [0.717, 1.165) is 11.3 Å². The highest BCUT2D eigenvalue weighted by molar-refractivity contribution is 6.04. The summed E-state index contributed by atoms with van der Waals surface area (Å²) in [6, 6.07) is 12.9. The van der Waals surface area contributed by atoms with E-state index in [9.17, 15) is 9.59 Å². The fraction of sp³-hybridized carbons (Fsp3) is 0.143. The van der Waals surface area contributed by atoms with Gasteiger partial charge in [0.15, 0.2) is 0 Å². The lowest BCUT2D eigenvalue weighted by Crippen LogP contribution is -2.13. The van der Waals surface area contributed by atoms with E-state index in [0.29, 0.717) is 22.9 Å². The first-order chi connectivity index (χ1) is 13.4. The van der Waals surface area contributed by atoms with Crippen molar-refractivity contribution < 1.29 is 9.59 Å². The Morgan fingerprint density at radius 3 is 2.21 bits per heavy atom. The number of hydrogen-bond donors (Lipinski definition) is 3. The quantitative estimate of drug-likeness (QED) is 0.625. The van der Waals surface area contributed by atoms with Crippen LogP contribution < -0.4 is 16.0 Å². The number of nitrogens with one attached hydrogen (secondary N) is 3. The third-order valence-corrected chi connectivity index (χ3v) is 4.21. The molecule has 0 fully saturated rings. The lowest BCUT2D eigenvalue weighted by Gasteiger charge is -2.10. The maximum absolute atomic E-state index is 12.4. The molecule has 7 heteroatoms. The Morgan fingerprint density at radius 1 is 0.893 bits per heavy atom. The first-order valence-corrected chi connectivity index (χ1v) is 8.76. The van der Waals surface area contributed by atoms with Crippen molar-refractivity contribution in [2.75, 3.05) is 16.0 Å². The van der Waals surface area contributed by atoms with Gasteiger partial charge in [-0.3, -0.25) is 9.59 Å². The zero-order valence-corrected chi connectivity index (χ0v) is 15.9. The first kappa shape index (κ1) is 19.0. The molecule has 3 N–H and O–H groups in total. The zero-order valence-electron chi connectivity index (χ0n) is 15.9. The van der Waals surface area contributed by atoms with Crippen LogP contribution in [0, 0.1) is 13.8 Å². The number of carbonyl (C=O) groups is 2. The smallest absolute Gasteiger partial charge is 0.258 e. The standard InChI is InChI=1S/C21H21N5O2/c1-13-6-4-9-19(14(13)2)26-21-22-11-16(12-23-21)20(28)25-18-8-5-7-17(10-18)24-15(3)27/h4-12H,1-3H3,(H,24,27)(H,25,28)(H,22,23,26). The number of aromatic nitrogens is 2. The van der Waals surface area contributed by atoms with E-state index < -0.39 is 0 Å². The summed E-state index contributed by atoms with van der Waals surface area (Å²) in [4.78, 5) is 32.0. The van der Waals surface area contributed by atoms with Crippen molar-refractivity contribution in [3.63, 3.8) is 0 Å². The van der Waals surface area contributed by atoms with Crippen molar-refractivity contribution in [1.29, 1.82) is 0 Å². The van der Waals surface area contributed by atoms with Gasteiger partial charge in [-0.2, -0.15) is 0 Å². The highest BCUT2D eigenvalue weighted by Gasteiger charge is 2.09. The van der Waals surface area contributed by atoms with Gasteiger partial charge in [0.1, 0.15) is 0 Å². The molecule has 0 radical (unpaired) electrons. The maximum Gasteiger partial charge on any atom is 0.258 e. The van der Waals surface area contributed by atoms with Crippen molar-refractivity contribution in [2.24, 2.45) is 0 Å². The van der Waals surface area contributed by atoms with Crippen LogP contribution >= 0.6 is 0 Å². The fourth-order valence-corrected chi connectivity index (χ4v) is 2.60.